The van der Waals surface area contributed by atoms with Crippen LogP contribution in [0.4, 0.5) is 13.2 Å². The molecule has 1 aromatic carbocycles. The summed E-state index contributed by atoms with van der Waals surface area (Å²) >= 11 is 0. The Morgan fingerprint density at radius 3 is 2.59 bits per heavy atom. The average Bonchev–Trinajstić information content (AvgIpc) is 2.33. The molecule has 1 atom stereocenters. The average molecular weight is 246 g/mol. The third-order valence-electron chi connectivity index (χ3n) is 2.34. The van der Waals surface area contributed by atoms with E-state index in [-0.39, 0.29) is 12.1 Å². The highest BCUT2D eigenvalue weighted by Gasteiger charge is 2.15. The van der Waals surface area contributed by atoms with Gasteiger partial charge < -0.3 is 11.1 Å². The minimum absolute atomic E-state index is 0.124. The monoisotopic (exact) mass is 246 g/mol. The van der Waals surface area contributed by atoms with Crippen LogP contribution in [0, 0.1) is 17.5 Å². The van der Waals surface area contributed by atoms with Gasteiger partial charge in [-0.2, -0.15) is 0 Å². The van der Waals surface area contributed by atoms with Crippen molar-refractivity contribution in [2.45, 2.75) is 25.9 Å². The lowest BCUT2D eigenvalue weighted by molar-refractivity contribution is -0.122. The maximum atomic E-state index is 13.2. The lowest BCUT2D eigenvalue weighted by atomic mass is 10.2. The lowest BCUT2D eigenvalue weighted by Gasteiger charge is -2.10. The molecule has 17 heavy (non-hydrogen) atoms. The van der Waals surface area contributed by atoms with Crippen LogP contribution in [0.15, 0.2) is 12.1 Å². The molecule has 0 heterocycles. The zero-order valence-corrected chi connectivity index (χ0v) is 9.27. The fraction of sp³-hybridized carbons (Fsp3) is 0.364. The fourth-order valence-electron chi connectivity index (χ4n) is 1.20. The number of carbonyl (C=O) groups excluding carboxylic acids is 1. The van der Waals surface area contributed by atoms with Gasteiger partial charge in [-0.3, -0.25) is 4.79 Å². The van der Waals surface area contributed by atoms with Crippen LogP contribution in [0.2, 0.25) is 0 Å². The largest absolute Gasteiger partial charge is 0.351 e. The van der Waals surface area contributed by atoms with E-state index in [1.54, 1.807) is 6.92 Å². The normalized spacial score (nSPS) is 12.3. The highest BCUT2D eigenvalue weighted by Crippen LogP contribution is 2.14. The van der Waals surface area contributed by atoms with Gasteiger partial charge in [0, 0.05) is 12.1 Å². The third kappa shape index (κ3) is 3.20. The summed E-state index contributed by atoms with van der Waals surface area (Å²) in [6, 6.07) is 1.19. The summed E-state index contributed by atoms with van der Waals surface area (Å²) in [4.78, 5) is 11.3. The highest BCUT2D eigenvalue weighted by molar-refractivity contribution is 5.81. The first-order valence-electron chi connectivity index (χ1n) is 5.13. The molecule has 0 aliphatic carbocycles. The van der Waals surface area contributed by atoms with Crippen molar-refractivity contribution in [2.75, 3.05) is 0 Å². The summed E-state index contributed by atoms with van der Waals surface area (Å²) in [5, 5.41) is 2.34. The van der Waals surface area contributed by atoms with E-state index in [2.05, 4.69) is 5.32 Å². The molecule has 0 aromatic heterocycles. The van der Waals surface area contributed by atoms with Crippen LogP contribution < -0.4 is 11.1 Å². The molecule has 0 radical (unpaired) electrons. The molecule has 6 heteroatoms. The molecule has 1 amide bonds. The van der Waals surface area contributed by atoms with Crippen LogP contribution in [0.25, 0.3) is 0 Å². The van der Waals surface area contributed by atoms with Crippen molar-refractivity contribution in [1.29, 1.82) is 0 Å². The number of carbonyl (C=O) groups is 1. The number of amides is 1. The minimum Gasteiger partial charge on any atom is -0.351 e. The molecule has 0 aliphatic heterocycles. The molecular weight excluding hydrogens is 233 g/mol. The number of nitrogens with two attached hydrogens (primary N) is 1. The topological polar surface area (TPSA) is 55.1 Å². The summed E-state index contributed by atoms with van der Waals surface area (Å²) < 4.78 is 38.7. The van der Waals surface area contributed by atoms with Crippen LogP contribution in [0.5, 0.6) is 0 Å². The summed E-state index contributed by atoms with van der Waals surface area (Å²) in [5.74, 6) is -4.56. The Kier molecular flexibility index (Phi) is 4.51. The van der Waals surface area contributed by atoms with Crippen LogP contribution in [0.1, 0.15) is 18.9 Å². The first-order chi connectivity index (χ1) is 7.97. The molecule has 0 saturated carbocycles. The fourth-order valence-corrected chi connectivity index (χ4v) is 1.20. The van der Waals surface area contributed by atoms with Crippen molar-refractivity contribution < 1.29 is 18.0 Å². The SMILES string of the molecule is CCC(N)C(=O)NCc1ccc(F)c(F)c1F. The molecule has 1 aromatic rings. The second kappa shape index (κ2) is 5.67. The van der Waals surface area contributed by atoms with Crippen LogP contribution >= 0.6 is 0 Å². The van der Waals surface area contributed by atoms with Gasteiger partial charge in [-0.05, 0) is 12.5 Å². The number of benzene rings is 1. The third-order valence-corrected chi connectivity index (χ3v) is 2.34. The van der Waals surface area contributed by atoms with Crippen molar-refractivity contribution >= 4 is 5.91 Å². The van der Waals surface area contributed by atoms with Crippen LogP contribution in [0.3, 0.4) is 0 Å². The summed E-state index contributed by atoms with van der Waals surface area (Å²) in [6.45, 7) is 1.50. The summed E-state index contributed by atoms with van der Waals surface area (Å²) in [7, 11) is 0. The van der Waals surface area contributed by atoms with Gasteiger partial charge in [0.2, 0.25) is 5.91 Å². The van der Waals surface area contributed by atoms with E-state index in [1.807, 2.05) is 0 Å². The van der Waals surface area contributed by atoms with E-state index in [0.29, 0.717) is 6.42 Å². The van der Waals surface area contributed by atoms with E-state index < -0.39 is 29.4 Å². The molecular formula is C11H13F3N2O. The number of hydrogen-bond acceptors (Lipinski definition) is 2. The molecule has 1 unspecified atom stereocenters. The van der Waals surface area contributed by atoms with E-state index in [0.717, 1.165) is 12.1 Å². The van der Waals surface area contributed by atoms with Gasteiger partial charge in [-0.25, -0.2) is 13.2 Å². The quantitative estimate of drug-likeness (QED) is 0.790. The molecule has 0 aliphatic rings. The molecule has 0 saturated heterocycles. The number of nitrogens with one attached hydrogen (secondary N) is 1. The predicted octanol–water partition coefficient (Wildman–Crippen LogP) is 1.46. The predicted molar refractivity (Wildman–Crippen MR) is 56.4 cm³/mol. The standard InChI is InChI=1S/C11H13F3N2O/c1-2-8(15)11(17)16-5-6-3-4-7(12)10(14)9(6)13/h3-4,8H,2,5,15H2,1H3,(H,16,17). The molecule has 3 nitrogen and oxygen atoms in total. The molecule has 1 rings (SSSR count). The minimum atomic E-state index is -1.54. The van der Waals surface area contributed by atoms with E-state index >= 15 is 0 Å². The zero-order valence-electron chi connectivity index (χ0n) is 9.27. The van der Waals surface area contributed by atoms with Gasteiger partial charge >= 0.3 is 0 Å². The second-order valence-electron chi connectivity index (χ2n) is 3.57. The Morgan fingerprint density at radius 2 is 2.00 bits per heavy atom. The Labute approximate surface area is 96.8 Å². The van der Waals surface area contributed by atoms with Gasteiger partial charge in [0.15, 0.2) is 17.5 Å². The van der Waals surface area contributed by atoms with E-state index in [1.165, 1.54) is 0 Å². The Hall–Kier alpha value is -1.56. The van der Waals surface area contributed by atoms with Crippen molar-refractivity contribution in [3.63, 3.8) is 0 Å². The van der Waals surface area contributed by atoms with E-state index in [9.17, 15) is 18.0 Å². The molecule has 0 fully saturated rings. The van der Waals surface area contributed by atoms with Crippen molar-refractivity contribution in [3.05, 3.63) is 35.1 Å². The van der Waals surface area contributed by atoms with Crippen LogP contribution in [-0.2, 0) is 11.3 Å². The summed E-state index contributed by atoms with van der Waals surface area (Å²) in [5.41, 5.74) is 5.31. The first kappa shape index (κ1) is 13.5. The van der Waals surface area contributed by atoms with Crippen LogP contribution in [-0.4, -0.2) is 11.9 Å². The van der Waals surface area contributed by atoms with E-state index in [4.69, 9.17) is 5.73 Å². The number of halogens is 3. The van der Waals surface area contributed by atoms with Gasteiger partial charge in [0.1, 0.15) is 0 Å². The highest BCUT2D eigenvalue weighted by atomic mass is 19.2. The Balaban J connectivity index is 2.71. The van der Waals surface area contributed by atoms with Crippen molar-refractivity contribution in [3.8, 4) is 0 Å². The first-order valence-corrected chi connectivity index (χ1v) is 5.13. The Morgan fingerprint density at radius 1 is 1.35 bits per heavy atom. The lowest BCUT2D eigenvalue weighted by Crippen LogP contribution is -2.39. The zero-order chi connectivity index (χ0) is 13.0. The molecule has 94 valence electrons. The molecule has 3 N–H and O–H groups in total. The smallest absolute Gasteiger partial charge is 0.237 e. The Bertz CT molecular complexity index is 423. The van der Waals surface area contributed by atoms with Gasteiger partial charge in [0.25, 0.3) is 0 Å². The van der Waals surface area contributed by atoms with Crippen molar-refractivity contribution in [1.82, 2.24) is 5.32 Å². The molecule has 0 spiro atoms. The number of rotatable bonds is 4. The van der Waals surface area contributed by atoms with Gasteiger partial charge in [-0.15, -0.1) is 0 Å². The maximum absolute atomic E-state index is 13.2. The second-order valence-corrected chi connectivity index (χ2v) is 3.57. The summed E-state index contributed by atoms with van der Waals surface area (Å²) in [6.07, 6.45) is 0.437. The van der Waals surface area contributed by atoms with Gasteiger partial charge in [0.05, 0.1) is 6.04 Å². The van der Waals surface area contributed by atoms with Crippen molar-refractivity contribution in [2.24, 2.45) is 5.73 Å². The molecule has 0 bridgehead atoms. The van der Waals surface area contributed by atoms with Gasteiger partial charge in [-0.1, -0.05) is 13.0 Å². The number of hydrogen-bond donors (Lipinski definition) is 2. The maximum Gasteiger partial charge on any atom is 0.237 e.